The number of rotatable bonds is 2. The van der Waals surface area contributed by atoms with Crippen molar-refractivity contribution >= 4 is 17.3 Å². The Hall–Kier alpha value is -1.51. The zero-order chi connectivity index (χ0) is 11.9. The lowest BCUT2D eigenvalue weighted by molar-refractivity contribution is -0.119. The molecule has 3 heteroatoms. The molecule has 0 aromatic heterocycles. The second kappa shape index (κ2) is 3.51. The maximum atomic E-state index is 11.8. The van der Waals surface area contributed by atoms with Crippen molar-refractivity contribution in [3.05, 3.63) is 23.8 Å². The Morgan fingerprint density at radius 1 is 1.31 bits per heavy atom. The van der Waals surface area contributed by atoms with Gasteiger partial charge in [0.1, 0.15) is 0 Å². The van der Waals surface area contributed by atoms with Crippen molar-refractivity contribution < 1.29 is 4.79 Å². The van der Waals surface area contributed by atoms with Crippen molar-refractivity contribution in [2.75, 3.05) is 10.6 Å². The molecule has 0 saturated carbocycles. The van der Waals surface area contributed by atoms with E-state index in [4.69, 9.17) is 0 Å². The fraction of sp³-hybridized carbons (Fsp3) is 0.462. The van der Waals surface area contributed by atoms with Gasteiger partial charge >= 0.3 is 0 Å². The Morgan fingerprint density at radius 3 is 2.62 bits per heavy atom. The average Bonchev–Trinajstić information content (AvgIpc) is 2.39. The minimum Gasteiger partial charge on any atom is -0.383 e. The summed E-state index contributed by atoms with van der Waals surface area (Å²) in [4.78, 5) is 11.8. The number of benzene rings is 1. The molecular weight excluding hydrogens is 200 g/mol. The molecule has 1 aliphatic rings. The van der Waals surface area contributed by atoms with E-state index in [9.17, 15) is 4.79 Å². The van der Waals surface area contributed by atoms with Crippen molar-refractivity contribution in [3.8, 4) is 0 Å². The first kappa shape index (κ1) is 11.0. The third-order valence-corrected chi connectivity index (χ3v) is 2.96. The fourth-order valence-electron chi connectivity index (χ4n) is 1.99. The molecule has 0 fully saturated rings. The highest BCUT2D eigenvalue weighted by molar-refractivity contribution is 6.06. The second-order valence-electron chi connectivity index (χ2n) is 5.14. The van der Waals surface area contributed by atoms with Crippen molar-refractivity contribution in [1.82, 2.24) is 0 Å². The predicted octanol–water partition coefficient (Wildman–Crippen LogP) is 2.74. The normalized spacial score (nSPS) is 17.2. The monoisotopic (exact) mass is 218 g/mol. The molecule has 1 aromatic carbocycles. The number of nitrogens with one attached hydrogen (secondary N) is 2. The molecule has 0 aliphatic carbocycles. The number of carbonyl (C=O) groups excluding carboxylic acids is 1. The molecule has 0 radical (unpaired) electrons. The highest BCUT2D eigenvalue weighted by Gasteiger charge is 2.38. The Kier molecular flexibility index (Phi) is 2.41. The lowest BCUT2D eigenvalue weighted by atomic mass is 9.86. The van der Waals surface area contributed by atoms with E-state index < -0.39 is 5.41 Å². The van der Waals surface area contributed by atoms with Crippen LogP contribution in [0.5, 0.6) is 0 Å². The molecule has 1 aliphatic heterocycles. The van der Waals surface area contributed by atoms with Gasteiger partial charge in [-0.15, -0.1) is 0 Å². The highest BCUT2D eigenvalue weighted by Crippen LogP contribution is 2.38. The largest absolute Gasteiger partial charge is 0.383 e. The third kappa shape index (κ3) is 1.66. The second-order valence-corrected chi connectivity index (χ2v) is 5.14. The molecule has 1 aromatic rings. The summed E-state index contributed by atoms with van der Waals surface area (Å²) >= 11 is 0. The van der Waals surface area contributed by atoms with Gasteiger partial charge in [-0.2, -0.15) is 0 Å². The first-order valence-electron chi connectivity index (χ1n) is 5.64. The molecule has 0 saturated heterocycles. The summed E-state index contributed by atoms with van der Waals surface area (Å²) in [6.07, 6.45) is 0. The van der Waals surface area contributed by atoms with Crippen LogP contribution in [0.2, 0.25) is 0 Å². The van der Waals surface area contributed by atoms with Gasteiger partial charge in [-0.05, 0) is 51.5 Å². The molecule has 3 nitrogen and oxygen atoms in total. The molecule has 1 amide bonds. The zero-order valence-corrected chi connectivity index (χ0v) is 10.2. The number of amides is 1. The van der Waals surface area contributed by atoms with E-state index in [-0.39, 0.29) is 5.91 Å². The molecule has 0 unspecified atom stereocenters. The van der Waals surface area contributed by atoms with Gasteiger partial charge < -0.3 is 10.6 Å². The summed E-state index contributed by atoms with van der Waals surface area (Å²) < 4.78 is 0. The molecule has 0 bridgehead atoms. The number of hydrogen-bond acceptors (Lipinski definition) is 2. The summed E-state index contributed by atoms with van der Waals surface area (Å²) in [7, 11) is 0. The van der Waals surface area contributed by atoms with Gasteiger partial charge in [0.2, 0.25) is 5.91 Å². The van der Waals surface area contributed by atoms with Gasteiger partial charge in [-0.3, -0.25) is 4.79 Å². The average molecular weight is 218 g/mol. The Bertz CT molecular complexity index is 436. The number of carbonyl (C=O) groups is 1. The minimum absolute atomic E-state index is 0.0733. The van der Waals surface area contributed by atoms with Gasteiger partial charge in [0.25, 0.3) is 0 Å². The van der Waals surface area contributed by atoms with E-state index in [0.29, 0.717) is 6.04 Å². The van der Waals surface area contributed by atoms with E-state index in [1.807, 2.05) is 26.0 Å². The van der Waals surface area contributed by atoms with E-state index in [2.05, 4.69) is 30.5 Å². The number of anilines is 2. The van der Waals surface area contributed by atoms with Crippen LogP contribution in [0.25, 0.3) is 0 Å². The zero-order valence-electron chi connectivity index (χ0n) is 10.2. The maximum absolute atomic E-state index is 11.8. The van der Waals surface area contributed by atoms with Crippen LogP contribution in [-0.4, -0.2) is 11.9 Å². The van der Waals surface area contributed by atoms with Crippen LogP contribution in [0.4, 0.5) is 11.4 Å². The smallest absolute Gasteiger partial charge is 0.234 e. The van der Waals surface area contributed by atoms with Crippen molar-refractivity contribution in [1.29, 1.82) is 0 Å². The third-order valence-electron chi connectivity index (χ3n) is 2.96. The van der Waals surface area contributed by atoms with Crippen LogP contribution >= 0.6 is 0 Å². The predicted molar refractivity (Wildman–Crippen MR) is 66.9 cm³/mol. The van der Waals surface area contributed by atoms with E-state index in [1.165, 1.54) is 0 Å². The molecule has 2 rings (SSSR count). The van der Waals surface area contributed by atoms with Crippen molar-refractivity contribution in [3.63, 3.8) is 0 Å². The molecule has 2 N–H and O–H groups in total. The quantitative estimate of drug-likeness (QED) is 0.801. The Balaban J connectivity index is 2.40. The molecule has 1 heterocycles. The Labute approximate surface area is 96.2 Å². The first-order chi connectivity index (χ1) is 7.41. The van der Waals surface area contributed by atoms with Crippen molar-refractivity contribution in [2.24, 2.45) is 0 Å². The van der Waals surface area contributed by atoms with Gasteiger partial charge in [0.05, 0.1) is 5.41 Å². The first-order valence-corrected chi connectivity index (χ1v) is 5.64. The summed E-state index contributed by atoms with van der Waals surface area (Å²) in [6, 6.07) is 6.42. The van der Waals surface area contributed by atoms with E-state index in [0.717, 1.165) is 16.9 Å². The lowest BCUT2D eigenvalue weighted by Crippen LogP contribution is -2.26. The van der Waals surface area contributed by atoms with E-state index in [1.54, 1.807) is 0 Å². The highest BCUT2D eigenvalue weighted by atomic mass is 16.2. The maximum Gasteiger partial charge on any atom is 0.234 e. The van der Waals surface area contributed by atoms with Crippen LogP contribution in [0.15, 0.2) is 18.2 Å². The van der Waals surface area contributed by atoms with Crippen LogP contribution in [-0.2, 0) is 10.2 Å². The van der Waals surface area contributed by atoms with Crippen LogP contribution < -0.4 is 10.6 Å². The van der Waals surface area contributed by atoms with Crippen molar-refractivity contribution in [2.45, 2.75) is 39.2 Å². The lowest BCUT2D eigenvalue weighted by Gasteiger charge is -2.17. The topological polar surface area (TPSA) is 41.1 Å². The SMILES string of the molecule is CC(C)Nc1ccc2c(c1)C(C)(C)C(=O)N2. The van der Waals surface area contributed by atoms with E-state index >= 15 is 0 Å². The van der Waals surface area contributed by atoms with Gasteiger partial charge in [-0.25, -0.2) is 0 Å². The molecule has 0 spiro atoms. The minimum atomic E-state index is -0.427. The van der Waals surface area contributed by atoms with Crippen LogP contribution in [0.3, 0.4) is 0 Å². The van der Waals surface area contributed by atoms with Gasteiger partial charge in [0.15, 0.2) is 0 Å². The van der Waals surface area contributed by atoms with Crippen LogP contribution in [0.1, 0.15) is 33.3 Å². The standard InChI is InChI=1S/C13H18N2O/c1-8(2)14-9-5-6-11-10(7-9)13(3,4)12(16)15-11/h5-8,14H,1-4H3,(H,15,16). The summed E-state index contributed by atoms with van der Waals surface area (Å²) in [5.41, 5.74) is 2.65. The molecule has 86 valence electrons. The molecule has 16 heavy (non-hydrogen) atoms. The number of hydrogen-bond donors (Lipinski definition) is 2. The summed E-state index contributed by atoms with van der Waals surface area (Å²) in [5.74, 6) is 0.0733. The van der Waals surface area contributed by atoms with Gasteiger partial charge in [0, 0.05) is 17.4 Å². The number of fused-ring (bicyclic) bond motifs is 1. The molecule has 0 atom stereocenters. The Morgan fingerprint density at radius 2 is 2.00 bits per heavy atom. The summed E-state index contributed by atoms with van der Waals surface area (Å²) in [5, 5.41) is 6.25. The fourth-order valence-corrected chi connectivity index (χ4v) is 1.99. The van der Waals surface area contributed by atoms with Crippen LogP contribution in [0, 0.1) is 0 Å². The molecular formula is C13H18N2O. The summed E-state index contributed by atoms with van der Waals surface area (Å²) in [6.45, 7) is 8.10. The van der Waals surface area contributed by atoms with Gasteiger partial charge in [-0.1, -0.05) is 0 Å².